The van der Waals surface area contributed by atoms with Crippen LogP contribution < -0.4 is 13.8 Å². The lowest BCUT2D eigenvalue weighted by molar-refractivity contribution is -0.142. The van der Waals surface area contributed by atoms with Crippen LogP contribution in [0.4, 0.5) is 5.69 Å². The number of nitrogens with one attached hydrogen (secondary N) is 1. The molecule has 0 radical (unpaired) electrons. The van der Waals surface area contributed by atoms with Crippen molar-refractivity contribution < 1.29 is 23.1 Å². The van der Waals surface area contributed by atoms with Gasteiger partial charge in [0.15, 0.2) is 5.75 Å². The molecule has 2 N–H and O–H groups in total. The van der Waals surface area contributed by atoms with Crippen LogP contribution in [0.25, 0.3) is 10.8 Å². The number of hydrogen-bond acceptors (Lipinski definition) is 6. The first-order chi connectivity index (χ1) is 14.4. The lowest BCUT2D eigenvalue weighted by Crippen LogP contribution is -2.31. The van der Waals surface area contributed by atoms with Crippen LogP contribution in [0.5, 0.6) is 5.75 Å². The van der Waals surface area contributed by atoms with E-state index in [1.165, 1.54) is 0 Å². The van der Waals surface area contributed by atoms with Gasteiger partial charge in [-0.2, -0.15) is 13.7 Å². The second-order valence-electron chi connectivity index (χ2n) is 8.63. The first-order valence-electron chi connectivity index (χ1n) is 9.82. The molecule has 8 nitrogen and oxygen atoms in total. The van der Waals surface area contributed by atoms with Crippen molar-refractivity contribution in [1.29, 1.82) is 5.26 Å². The normalized spacial score (nSPS) is 16.4. The Morgan fingerprint density at radius 3 is 2.55 bits per heavy atom. The molecule has 0 fully saturated rings. The third-order valence-corrected chi connectivity index (χ3v) is 6.14. The molecule has 3 rings (SSSR count). The zero-order valence-electron chi connectivity index (χ0n) is 17.8. The van der Waals surface area contributed by atoms with Crippen molar-refractivity contribution in [3.8, 4) is 11.8 Å². The van der Waals surface area contributed by atoms with E-state index in [0.29, 0.717) is 12.8 Å². The molecule has 31 heavy (non-hydrogen) atoms. The highest BCUT2D eigenvalue weighted by Gasteiger charge is 2.33. The zero-order valence-corrected chi connectivity index (χ0v) is 18.7. The highest BCUT2D eigenvalue weighted by atomic mass is 32.2. The molecule has 0 spiro atoms. The smallest absolute Gasteiger partial charge is 0.330 e. The highest BCUT2D eigenvalue weighted by molar-refractivity contribution is 7.91. The van der Waals surface area contributed by atoms with Crippen LogP contribution in [0.3, 0.4) is 0 Å². The lowest BCUT2D eigenvalue weighted by Gasteiger charge is -2.22. The van der Waals surface area contributed by atoms with Crippen LogP contribution in [0.15, 0.2) is 42.4 Å². The van der Waals surface area contributed by atoms with Crippen molar-refractivity contribution in [3.05, 3.63) is 48.0 Å². The molecule has 1 aliphatic rings. The van der Waals surface area contributed by atoms with Gasteiger partial charge in [0.25, 0.3) is 0 Å². The fourth-order valence-electron chi connectivity index (χ4n) is 3.01. The molecule has 1 heterocycles. The zero-order chi connectivity index (χ0) is 23.0. The Balaban J connectivity index is 2.10. The summed E-state index contributed by atoms with van der Waals surface area (Å²) in [7, 11) is -4.07. The van der Waals surface area contributed by atoms with Crippen LogP contribution in [0, 0.1) is 22.7 Å². The molecule has 9 heteroatoms. The van der Waals surface area contributed by atoms with E-state index in [1.807, 2.05) is 29.8 Å². The van der Waals surface area contributed by atoms with E-state index in [4.69, 9.17) is 10.00 Å². The summed E-state index contributed by atoms with van der Waals surface area (Å²) in [5.74, 6) is -1.06. The second kappa shape index (κ2) is 8.12. The Labute approximate surface area is 181 Å². The van der Waals surface area contributed by atoms with Crippen molar-refractivity contribution >= 4 is 32.6 Å². The van der Waals surface area contributed by atoms with Crippen molar-refractivity contribution in [1.82, 2.24) is 4.72 Å². The number of rotatable bonds is 5. The Kier molecular flexibility index (Phi) is 5.87. The summed E-state index contributed by atoms with van der Waals surface area (Å²) >= 11 is 0. The molecule has 0 aliphatic carbocycles. The van der Waals surface area contributed by atoms with Crippen LogP contribution in [-0.4, -0.2) is 19.5 Å². The van der Waals surface area contributed by atoms with Crippen molar-refractivity contribution in [3.63, 3.8) is 0 Å². The molecule has 1 aliphatic heterocycles. The maximum Gasteiger partial charge on any atom is 0.330 e. The molecular formula is C22H25N3O5S. The van der Waals surface area contributed by atoms with E-state index in [0.717, 1.165) is 26.8 Å². The van der Waals surface area contributed by atoms with Gasteiger partial charge in [-0.3, -0.25) is 4.79 Å². The maximum atomic E-state index is 12.5. The summed E-state index contributed by atoms with van der Waals surface area (Å²) in [6.07, 6.45) is 2.42. The average Bonchev–Trinajstić information content (AvgIpc) is 2.96. The SMILES string of the molecule is CC(C#N)CCc1ccc2cc(OC(=O)C(C)(C)C)c(N3C=C(O)NS3(=O)=O)cc2c1. The lowest BCUT2D eigenvalue weighted by atomic mass is 9.97. The van der Waals surface area contributed by atoms with Crippen molar-refractivity contribution in [2.45, 2.75) is 40.5 Å². The van der Waals surface area contributed by atoms with E-state index in [-0.39, 0.29) is 17.4 Å². The number of ether oxygens (including phenoxy) is 1. The number of hydrogen-bond donors (Lipinski definition) is 2. The molecule has 2 aromatic carbocycles. The predicted octanol–water partition coefficient (Wildman–Crippen LogP) is 3.89. The van der Waals surface area contributed by atoms with Crippen LogP contribution >= 0.6 is 0 Å². The summed E-state index contributed by atoms with van der Waals surface area (Å²) in [5, 5.41) is 20.2. The van der Waals surface area contributed by atoms with Crippen LogP contribution in [0.1, 0.15) is 39.7 Å². The number of carbonyl (C=O) groups is 1. The quantitative estimate of drug-likeness (QED) is 0.534. The number of anilines is 1. The molecule has 0 saturated carbocycles. The summed E-state index contributed by atoms with van der Waals surface area (Å²) < 4.78 is 33.3. The van der Waals surface area contributed by atoms with Gasteiger partial charge in [0.1, 0.15) is 5.69 Å². The van der Waals surface area contributed by atoms with E-state index >= 15 is 0 Å². The van der Waals surface area contributed by atoms with Gasteiger partial charge in [0.05, 0.1) is 17.7 Å². The number of esters is 1. The number of aryl methyl sites for hydroxylation is 1. The topological polar surface area (TPSA) is 120 Å². The molecule has 2 aromatic rings. The molecular weight excluding hydrogens is 418 g/mol. The molecule has 1 unspecified atom stereocenters. The predicted molar refractivity (Wildman–Crippen MR) is 117 cm³/mol. The number of aliphatic hydroxyl groups is 1. The summed E-state index contributed by atoms with van der Waals surface area (Å²) in [6.45, 7) is 6.96. The van der Waals surface area contributed by atoms with Gasteiger partial charge in [-0.1, -0.05) is 18.2 Å². The first-order valence-corrected chi connectivity index (χ1v) is 11.3. The largest absolute Gasteiger partial charge is 0.493 e. The minimum absolute atomic E-state index is 0.0644. The number of nitrogens with zero attached hydrogens (tertiary/aromatic N) is 2. The molecule has 0 bridgehead atoms. The molecule has 0 aromatic heterocycles. The van der Waals surface area contributed by atoms with Gasteiger partial charge in [-0.25, -0.2) is 9.03 Å². The number of fused-ring (bicyclic) bond motifs is 1. The molecule has 1 atom stereocenters. The van der Waals surface area contributed by atoms with Gasteiger partial charge in [0, 0.05) is 5.92 Å². The molecule has 164 valence electrons. The van der Waals surface area contributed by atoms with Gasteiger partial charge in [0.2, 0.25) is 5.88 Å². The fraction of sp³-hybridized carbons (Fsp3) is 0.364. The highest BCUT2D eigenvalue weighted by Crippen LogP contribution is 2.38. The number of nitriles is 1. The molecule has 0 saturated heterocycles. The summed E-state index contributed by atoms with van der Waals surface area (Å²) in [6, 6.07) is 11.1. The van der Waals surface area contributed by atoms with Gasteiger partial charge >= 0.3 is 16.2 Å². The van der Waals surface area contributed by atoms with E-state index < -0.39 is 27.5 Å². The van der Waals surface area contributed by atoms with Crippen molar-refractivity contribution in [2.24, 2.45) is 11.3 Å². The summed E-state index contributed by atoms with van der Waals surface area (Å²) in [5.41, 5.74) is 0.304. The van der Waals surface area contributed by atoms with E-state index in [2.05, 4.69) is 6.07 Å². The fourth-order valence-corrected chi connectivity index (χ4v) is 4.07. The molecule has 0 amide bonds. The first kappa shape index (κ1) is 22.4. The Morgan fingerprint density at radius 1 is 1.26 bits per heavy atom. The van der Waals surface area contributed by atoms with E-state index in [9.17, 15) is 18.3 Å². The maximum absolute atomic E-state index is 12.5. The summed E-state index contributed by atoms with van der Waals surface area (Å²) in [4.78, 5) is 12.5. The van der Waals surface area contributed by atoms with Crippen LogP contribution in [0.2, 0.25) is 0 Å². The second-order valence-corrected chi connectivity index (χ2v) is 10.2. The number of aliphatic hydroxyl groups excluding tert-OH is 1. The van der Waals surface area contributed by atoms with E-state index in [1.54, 1.807) is 32.9 Å². The number of carbonyl (C=O) groups excluding carboxylic acids is 1. The Bertz CT molecular complexity index is 1210. The third-order valence-electron chi connectivity index (χ3n) is 4.85. The van der Waals surface area contributed by atoms with Crippen molar-refractivity contribution in [2.75, 3.05) is 4.31 Å². The van der Waals surface area contributed by atoms with Gasteiger partial charge < -0.3 is 9.84 Å². The van der Waals surface area contributed by atoms with Crippen LogP contribution in [-0.2, 0) is 21.4 Å². The minimum Gasteiger partial charge on any atom is -0.493 e. The average molecular weight is 444 g/mol. The third kappa shape index (κ3) is 4.91. The Hall–Kier alpha value is -3.25. The van der Waals surface area contributed by atoms with Gasteiger partial charge in [-0.15, -0.1) is 0 Å². The monoisotopic (exact) mass is 443 g/mol. The number of benzene rings is 2. The Morgan fingerprint density at radius 2 is 1.97 bits per heavy atom. The standard InChI is InChI=1S/C22H25N3O5S/c1-14(12-23)5-6-15-7-8-16-11-19(30-21(27)22(2,3)4)18(10-17(16)9-15)25-13-20(26)24-31(25,28)29/h7-11,13-14,24,26H,5-6H2,1-4H3. The minimum atomic E-state index is -4.07. The van der Waals surface area contributed by atoms with Gasteiger partial charge in [-0.05, 0) is 69.0 Å².